The van der Waals surface area contributed by atoms with Gasteiger partial charge in [-0.3, -0.25) is 0 Å². The molecule has 1 N–H and O–H groups in total. The maximum atomic E-state index is 10.6. The van der Waals surface area contributed by atoms with Crippen LogP contribution in [0, 0.1) is 10.1 Å². The van der Waals surface area contributed by atoms with Crippen molar-refractivity contribution < 1.29 is 4.92 Å². The second kappa shape index (κ2) is 3.66. The highest BCUT2D eigenvalue weighted by molar-refractivity contribution is 6.30. The number of halogens is 1. The maximum Gasteiger partial charge on any atom is 0.418 e. The summed E-state index contributed by atoms with van der Waals surface area (Å²) in [5, 5.41) is 20.5. The Kier molecular flexibility index (Phi) is 2.34. The van der Waals surface area contributed by atoms with Gasteiger partial charge in [-0.25, -0.2) is 0 Å². The van der Waals surface area contributed by atoms with Crippen LogP contribution in [0.3, 0.4) is 0 Å². The lowest BCUT2D eigenvalue weighted by molar-refractivity contribution is -0.388. The van der Waals surface area contributed by atoms with Crippen molar-refractivity contribution in [3.63, 3.8) is 0 Å². The third-order valence-corrected chi connectivity index (χ3v) is 2.07. The summed E-state index contributed by atoms with van der Waals surface area (Å²) in [6.45, 7) is 0. The van der Waals surface area contributed by atoms with E-state index in [2.05, 4.69) is 15.4 Å². The Morgan fingerprint density at radius 2 is 1.93 bits per heavy atom. The predicted molar refractivity (Wildman–Crippen MR) is 53.5 cm³/mol. The normalized spacial score (nSPS) is 10.2. The van der Waals surface area contributed by atoms with E-state index in [1.165, 1.54) is 0 Å². The Hall–Kier alpha value is -1.95. The van der Waals surface area contributed by atoms with Crippen LogP contribution >= 0.6 is 11.6 Å². The lowest BCUT2D eigenvalue weighted by Crippen LogP contribution is -1.90. The fourth-order valence-electron chi connectivity index (χ4n) is 1.15. The van der Waals surface area contributed by atoms with Crippen molar-refractivity contribution in [2.75, 3.05) is 0 Å². The third kappa shape index (κ3) is 1.79. The van der Waals surface area contributed by atoms with Gasteiger partial charge in [-0.2, -0.15) is 0 Å². The monoisotopic (exact) mass is 224 g/mol. The first kappa shape index (κ1) is 9.60. The summed E-state index contributed by atoms with van der Waals surface area (Å²) in [6, 6.07) is 6.56. The van der Waals surface area contributed by atoms with Crippen LogP contribution in [0.25, 0.3) is 11.3 Å². The van der Waals surface area contributed by atoms with Gasteiger partial charge in [0.1, 0.15) is 0 Å². The fraction of sp³-hybridized carbons (Fsp3) is 0. The molecule has 0 amide bonds. The molecule has 0 saturated carbocycles. The minimum absolute atomic E-state index is 0.205. The van der Waals surface area contributed by atoms with Crippen molar-refractivity contribution in [3.8, 4) is 11.3 Å². The van der Waals surface area contributed by atoms with Crippen LogP contribution in [0.4, 0.5) is 5.82 Å². The maximum absolute atomic E-state index is 10.6. The van der Waals surface area contributed by atoms with Gasteiger partial charge >= 0.3 is 5.82 Å². The summed E-state index contributed by atoms with van der Waals surface area (Å²) in [5.74, 6) is -0.294. The molecule has 1 aromatic heterocycles. The quantitative estimate of drug-likeness (QED) is 0.625. The summed E-state index contributed by atoms with van der Waals surface area (Å²) in [4.78, 5) is 9.99. The Bertz CT molecular complexity index is 494. The second-order valence-corrected chi connectivity index (χ2v) is 3.20. The van der Waals surface area contributed by atoms with E-state index in [-0.39, 0.29) is 11.5 Å². The highest BCUT2D eigenvalue weighted by Crippen LogP contribution is 2.25. The van der Waals surface area contributed by atoms with Gasteiger partial charge in [-0.15, -0.1) is 10.3 Å². The number of nitrogens with one attached hydrogen (secondary N) is 1. The van der Waals surface area contributed by atoms with E-state index in [9.17, 15) is 10.1 Å². The summed E-state index contributed by atoms with van der Waals surface area (Å²) < 4.78 is 0. The molecule has 1 heterocycles. The Morgan fingerprint density at radius 1 is 1.27 bits per heavy atom. The van der Waals surface area contributed by atoms with Crippen molar-refractivity contribution >= 4 is 17.4 Å². The van der Waals surface area contributed by atoms with Crippen LogP contribution in [0.1, 0.15) is 0 Å². The SMILES string of the molecule is O=[N+]([O-])c1n[nH]nc1-c1ccc(Cl)cc1. The lowest BCUT2D eigenvalue weighted by atomic mass is 10.1. The molecule has 0 aliphatic carbocycles. The van der Waals surface area contributed by atoms with Crippen LogP contribution in [-0.4, -0.2) is 20.3 Å². The first-order chi connectivity index (χ1) is 7.18. The van der Waals surface area contributed by atoms with Gasteiger partial charge in [0.15, 0.2) is 5.69 Å². The molecule has 6 nitrogen and oxygen atoms in total. The van der Waals surface area contributed by atoms with Crippen LogP contribution in [0.15, 0.2) is 24.3 Å². The van der Waals surface area contributed by atoms with E-state index in [1.807, 2.05) is 0 Å². The molecule has 76 valence electrons. The van der Waals surface area contributed by atoms with E-state index in [1.54, 1.807) is 24.3 Å². The lowest BCUT2D eigenvalue weighted by Gasteiger charge is -1.95. The van der Waals surface area contributed by atoms with Crippen molar-refractivity contribution in [1.29, 1.82) is 0 Å². The molecule has 0 radical (unpaired) electrons. The first-order valence-corrected chi connectivity index (χ1v) is 4.37. The number of hydrogen-bond acceptors (Lipinski definition) is 4. The molecule has 0 spiro atoms. The molecule has 0 saturated heterocycles. The van der Waals surface area contributed by atoms with E-state index >= 15 is 0 Å². The molecule has 2 rings (SSSR count). The van der Waals surface area contributed by atoms with E-state index < -0.39 is 4.92 Å². The van der Waals surface area contributed by atoms with E-state index in [0.717, 1.165) is 0 Å². The highest BCUT2D eigenvalue weighted by atomic mass is 35.5. The van der Waals surface area contributed by atoms with Gasteiger partial charge in [-0.05, 0) is 17.1 Å². The van der Waals surface area contributed by atoms with Crippen LogP contribution < -0.4 is 0 Å². The number of rotatable bonds is 2. The zero-order valence-corrected chi connectivity index (χ0v) is 8.10. The topological polar surface area (TPSA) is 84.7 Å². The van der Waals surface area contributed by atoms with Crippen molar-refractivity contribution in [3.05, 3.63) is 39.4 Å². The van der Waals surface area contributed by atoms with Crippen LogP contribution in [0.5, 0.6) is 0 Å². The molecule has 0 unspecified atom stereocenters. The zero-order chi connectivity index (χ0) is 10.8. The summed E-state index contributed by atoms with van der Waals surface area (Å²) in [6.07, 6.45) is 0. The average Bonchev–Trinajstić information content (AvgIpc) is 2.67. The van der Waals surface area contributed by atoms with Crippen molar-refractivity contribution in [2.45, 2.75) is 0 Å². The summed E-state index contributed by atoms with van der Waals surface area (Å²) >= 11 is 5.70. The molecular formula is C8H5ClN4O2. The largest absolute Gasteiger partial charge is 0.418 e. The number of aromatic nitrogens is 3. The van der Waals surface area contributed by atoms with E-state index in [0.29, 0.717) is 10.6 Å². The smallest absolute Gasteiger partial charge is 0.358 e. The Morgan fingerprint density at radius 3 is 2.53 bits per heavy atom. The van der Waals surface area contributed by atoms with Gasteiger partial charge in [0.05, 0.1) is 5.10 Å². The predicted octanol–water partition coefficient (Wildman–Crippen LogP) is 2.03. The zero-order valence-electron chi connectivity index (χ0n) is 7.35. The number of benzene rings is 1. The molecule has 0 aliphatic heterocycles. The number of hydrogen-bond donors (Lipinski definition) is 1. The minimum Gasteiger partial charge on any atom is -0.358 e. The van der Waals surface area contributed by atoms with Crippen LogP contribution in [0.2, 0.25) is 5.02 Å². The van der Waals surface area contributed by atoms with Gasteiger partial charge in [0.2, 0.25) is 0 Å². The fourth-order valence-corrected chi connectivity index (χ4v) is 1.28. The van der Waals surface area contributed by atoms with Gasteiger partial charge in [-0.1, -0.05) is 23.7 Å². The number of nitro groups is 1. The number of H-pyrrole nitrogens is 1. The number of nitrogens with zero attached hydrogens (tertiary/aromatic N) is 3. The van der Waals surface area contributed by atoms with Gasteiger partial charge < -0.3 is 10.1 Å². The molecule has 2 aromatic rings. The second-order valence-electron chi connectivity index (χ2n) is 2.76. The Labute approximate surface area is 89.0 Å². The molecule has 7 heteroatoms. The third-order valence-electron chi connectivity index (χ3n) is 1.82. The first-order valence-electron chi connectivity index (χ1n) is 3.99. The molecule has 1 aromatic carbocycles. The summed E-state index contributed by atoms with van der Waals surface area (Å²) in [7, 11) is 0. The highest BCUT2D eigenvalue weighted by Gasteiger charge is 2.20. The molecule has 0 fully saturated rings. The molecule has 0 atom stereocenters. The molecular weight excluding hydrogens is 220 g/mol. The average molecular weight is 225 g/mol. The number of aromatic amines is 1. The van der Waals surface area contributed by atoms with Gasteiger partial charge in [0.25, 0.3) is 0 Å². The van der Waals surface area contributed by atoms with Crippen LogP contribution in [-0.2, 0) is 0 Å². The van der Waals surface area contributed by atoms with Crippen molar-refractivity contribution in [2.24, 2.45) is 0 Å². The molecule has 0 bridgehead atoms. The molecule has 15 heavy (non-hydrogen) atoms. The van der Waals surface area contributed by atoms with Gasteiger partial charge in [0, 0.05) is 10.6 Å². The minimum atomic E-state index is -0.590. The van der Waals surface area contributed by atoms with E-state index in [4.69, 9.17) is 11.6 Å². The Balaban J connectivity index is 2.49. The standard InChI is InChI=1S/C8H5ClN4O2/c9-6-3-1-5(2-4-6)7-8(13(14)15)11-12-10-7/h1-4H,(H,10,11,12). The summed E-state index contributed by atoms with van der Waals surface area (Å²) in [5.41, 5.74) is 0.802. The molecule has 0 aliphatic rings. The van der Waals surface area contributed by atoms with Crippen molar-refractivity contribution in [1.82, 2.24) is 15.4 Å².